The van der Waals surface area contributed by atoms with E-state index in [0.717, 1.165) is 50.3 Å². The second-order valence-corrected chi connectivity index (χ2v) is 7.70. The van der Waals surface area contributed by atoms with E-state index in [-0.39, 0.29) is 18.0 Å². The number of urea groups is 1. The van der Waals surface area contributed by atoms with Crippen molar-refractivity contribution in [3.63, 3.8) is 0 Å². The molecule has 7 heteroatoms. The molecule has 25 heavy (non-hydrogen) atoms. The molecule has 2 aliphatic heterocycles. The third kappa shape index (κ3) is 5.44. The van der Waals surface area contributed by atoms with Crippen molar-refractivity contribution in [2.45, 2.75) is 44.8 Å². The average Bonchev–Trinajstić information content (AvgIpc) is 3.37. The van der Waals surface area contributed by atoms with Gasteiger partial charge >= 0.3 is 6.03 Å². The van der Waals surface area contributed by atoms with Crippen LogP contribution in [-0.2, 0) is 16.1 Å². The van der Waals surface area contributed by atoms with Crippen molar-refractivity contribution < 1.29 is 14.3 Å². The lowest BCUT2D eigenvalue weighted by Gasteiger charge is -2.25. The van der Waals surface area contributed by atoms with Gasteiger partial charge in [0.25, 0.3) is 0 Å². The SMILES string of the molecule is O=C(CCNC(=O)N(Cc1cccs1)CC1CCCO1)N1CCCC1. The molecular weight excluding hydrogens is 338 g/mol. The number of hydrogen-bond acceptors (Lipinski definition) is 4. The van der Waals surface area contributed by atoms with E-state index in [2.05, 4.69) is 5.32 Å². The fourth-order valence-electron chi connectivity index (χ4n) is 3.36. The number of carbonyl (C=O) groups excluding carboxylic acids is 2. The molecule has 2 aliphatic rings. The van der Waals surface area contributed by atoms with E-state index >= 15 is 0 Å². The smallest absolute Gasteiger partial charge is 0.317 e. The van der Waals surface area contributed by atoms with Crippen molar-refractivity contribution in [2.24, 2.45) is 0 Å². The summed E-state index contributed by atoms with van der Waals surface area (Å²) in [6, 6.07) is 3.92. The van der Waals surface area contributed by atoms with Crippen molar-refractivity contribution in [1.29, 1.82) is 0 Å². The maximum atomic E-state index is 12.6. The van der Waals surface area contributed by atoms with E-state index in [0.29, 0.717) is 26.1 Å². The van der Waals surface area contributed by atoms with Crippen LogP contribution in [0.5, 0.6) is 0 Å². The Morgan fingerprint density at radius 3 is 2.84 bits per heavy atom. The number of amides is 3. The third-order valence-corrected chi connectivity index (χ3v) is 5.60. The van der Waals surface area contributed by atoms with Crippen molar-refractivity contribution in [3.8, 4) is 0 Å². The summed E-state index contributed by atoms with van der Waals surface area (Å²) in [6.45, 7) is 4.07. The van der Waals surface area contributed by atoms with Crippen LogP contribution in [0.3, 0.4) is 0 Å². The van der Waals surface area contributed by atoms with Gasteiger partial charge in [-0.3, -0.25) is 4.79 Å². The minimum atomic E-state index is -0.113. The van der Waals surface area contributed by atoms with Gasteiger partial charge in [0, 0.05) is 44.1 Å². The number of thiophene rings is 1. The summed E-state index contributed by atoms with van der Waals surface area (Å²) in [5.41, 5.74) is 0. The summed E-state index contributed by atoms with van der Waals surface area (Å²) in [5.74, 6) is 0.140. The van der Waals surface area contributed by atoms with Gasteiger partial charge in [-0.2, -0.15) is 0 Å². The molecule has 2 saturated heterocycles. The van der Waals surface area contributed by atoms with E-state index in [9.17, 15) is 9.59 Å². The maximum Gasteiger partial charge on any atom is 0.317 e. The largest absolute Gasteiger partial charge is 0.376 e. The zero-order valence-electron chi connectivity index (χ0n) is 14.6. The zero-order valence-corrected chi connectivity index (χ0v) is 15.4. The van der Waals surface area contributed by atoms with Gasteiger partial charge in [-0.05, 0) is 37.1 Å². The van der Waals surface area contributed by atoms with Gasteiger partial charge in [-0.25, -0.2) is 4.79 Å². The fourth-order valence-corrected chi connectivity index (χ4v) is 4.08. The Hall–Kier alpha value is -1.60. The average molecular weight is 365 g/mol. The van der Waals surface area contributed by atoms with Crippen molar-refractivity contribution in [3.05, 3.63) is 22.4 Å². The molecule has 3 rings (SSSR count). The summed E-state index contributed by atoms with van der Waals surface area (Å²) in [4.78, 5) is 29.5. The lowest BCUT2D eigenvalue weighted by Crippen LogP contribution is -2.44. The minimum Gasteiger partial charge on any atom is -0.376 e. The third-order valence-electron chi connectivity index (χ3n) is 4.74. The molecule has 3 heterocycles. The van der Waals surface area contributed by atoms with Gasteiger partial charge in [0.05, 0.1) is 12.6 Å². The molecule has 0 aromatic carbocycles. The van der Waals surface area contributed by atoms with E-state index < -0.39 is 0 Å². The van der Waals surface area contributed by atoms with Crippen LogP contribution >= 0.6 is 11.3 Å². The van der Waals surface area contributed by atoms with Crippen molar-refractivity contribution in [1.82, 2.24) is 15.1 Å². The normalized spacial score (nSPS) is 20.0. The van der Waals surface area contributed by atoms with E-state index in [4.69, 9.17) is 4.74 Å². The predicted octanol–water partition coefficient (Wildman–Crippen LogP) is 2.45. The number of ether oxygens (including phenoxy) is 1. The number of nitrogens with one attached hydrogen (secondary N) is 1. The number of likely N-dealkylation sites (tertiary alicyclic amines) is 1. The maximum absolute atomic E-state index is 12.6. The summed E-state index contributed by atoms with van der Waals surface area (Å²) in [6.07, 6.45) is 4.74. The van der Waals surface area contributed by atoms with E-state index in [1.807, 2.05) is 27.3 Å². The van der Waals surface area contributed by atoms with E-state index in [1.165, 1.54) is 0 Å². The Morgan fingerprint density at radius 2 is 2.16 bits per heavy atom. The first-order valence-corrected chi connectivity index (χ1v) is 10.0. The van der Waals surface area contributed by atoms with Crippen LogP contribution in [-0.4, -0.2) is 60.6 Å². The molecule has 2 fully saturated rings. The molecule has 1 aromatic rings. The molecule has 0 saturated carbocycles. The summed E-state index contributed by atoms with van der Waals surface area (Å²) in [5, 5.41) is 4.93. The highest BCUT2D eigenvalue weighted by Crippen LogP contribution is 2.17. The van der Waals surface area contributed by atoms with Crippen LogP contribution in [0.1, 0.15) is 37.0 Å². The van der Waals surface area contributed by atoms with Gasteiger partial charge in [0.15, 0.2) is 0 Å². The zero-order chi connectivity index (χ0) is 17.5. The molecule has 0 radical (unpaired) electrons. The monoisotopic (exact) mass is 365 g/mol. The van der Waals surface area contributed by atoms with Crippen molar-refractivity contribution in [2.75, 3.05) is 32.8 Å². The second kappa shape index (κ2) is 9.20. The quantitative estimate of drug-likeness (QED) is 0.807. The van der Waals surface area contributed by atoms with Crippen LogP contribution in [0.4, 0.5) is 4.79 Å². The first-order chi connectivity index (χ1) is 12.2. The Bertz CT molecular complexity index is 552. The second-order valence-electron chi connectivity index (χ2n) is 6.66. The van der Waals surface area contributed by atoms with Gasteiger partial charge in [0.1, 0.15) is 0 Å². The number of rotatable bonds is 7. The van der Waals surface area contributed by atoms with Gasteiger partial charge in [-0.1, -0.05) is 6.07 Å². The molecular formula is C18H27N3O3S. The molecule has 6 nitrogen and oxygen atoms in total. The molecule has 0 aliphatic carbocycles. The first-order valence-electron chi connectivity index (χ1n) is 9.17. The predicted molar refractivity (Wildman–Crippen MR) is 97.5 cm³/mol. The molecule has 3 amide bonds. The lowest BCUT2D eigenvalue weighted by atomic mass is 10.2. The van der Waals surface area contributed by atoms with Gasteiger partial charge in [-0.15, -0.1) is 11.3 Å². The number of hydrogen-bond donors (Lipinski definition) is 1. The highest BCUT2D eigenvalue weighted by molar-refractivity contribution is 7.09. The first kappa shape index (κ1) is 18.2. The van der Waals surface area contributed by atoms with Crippen LogP contribution < -0.4 is 5.32 Å². The fraction of sp³-hybridized carbons (Fsp3) is 0.667. The standard InChI is InChI=1S/C18H27N3O3S/c22-17(20-9-1-2-10-20)7-8-19-18(23)21(13-15-5-3-11-24-15)14-16-6-4-12-25-16/h4,6,12,15H,1-3,5,7-11,13-14H2,(H,19,23). The van der Waals surface area contributed by atoms with Crippen LogP contribution in [0.2, 0.25) is 0 Å². The molecule has 1 atom stereocenters. The molecule has 1 unspecified atom stereocenters. The Kier molecular flexibility index (Phi) is 6.69. The summed E-state index contributed by atoms with van der Waals surface area (Å²) < 4.78 is 5.68. The van der Waals surface area contributed by atoms with Gasteiger partial charge in [0.2, 0.25) is 5.91 Å². The number of nitrogens with zero attached hydrogens (tertiary/aromatic N) is 2. The van der Waals surface area contributed by atoms with E-state index in [1.54, 1.807) is 11.3 Å². The molecule has 1 aromatic heterocycles. The van der Waals surface area contributed by atoms with Crippen LogP contribution in [0.15, 0.2) is 17.5 Å². The topological polar surface area (TPSA) is 61.9 Å². The molecule has 0 spiro atoms. The highest BCUT2D eigenvalue weighted by Gasteiger charge is 2.23. The highest BCUT2D eigenvalue weighted by atomic mass is 32.1. The van der Waals surface area contributed by atoms with Crippen LogP contribution in [0.25, 0.3) is 0 Å². The Balaban J connectivity index is 1.47. The lowest BCUT2D eigenvalue weighted by molar-refractivity contribution is -0.129. The molecule has 138 valence electrons. The Labute approximate surface area is 153 Å². The summed E-state index contributed by atoms with van der Waals surface area (Å²) >= 11 is 1.65. The summed E-state index contributed by atoms with van der Waals surface area (Å²) in [7, 11) is 0. The van der Waals surface area contributed by atoms with Crippen molar-refractivity contribution >= 4 is 23.3 Å². The Morgan fingerprint density at radius 1 is 1.32 bits per heavy atom. The number of carbonyl (C=O) groups is 2. The molecule has 1 N–H and O–H groups in total. The van der Waals surface area contributed by atoms with Gasteiger partial charge < -0.3 is 19.9 Å². The minimum absolute atomic E-state index is 0.113. The molecule has 0 bridgehead atoms. The van der Waals surface area contributed by atoms with Crippen LogP contribution in [0, 0.1) is 0 Å².